The number of amides is 1. The quantitative estimate of drug-likeness (QED) is 0.482. The van der Waals surface area contributed by atoms with E-state index in [9.17, 15) is 14.4 Å². The SMILES string of the molecule is C[C@H](C(=O)NCc1ccccc1)C(=O)Oc1cccc(C(=O)O)c1. The zero-order chi connectivity index (χ0) is 17.5. The number of carbonyl (C=O) groups excluding carboxylic acids is 2. The third kappa shape index (κ3) is 4.67. The lowest BCUT2D eigenvalue weighted by molar-refractivity contribution is -0.144. The first kappa shape index (κ1) is 17.2. The maximum atomic E-state index is 12.0. The van der Waals surface area contributed by atoms with Crippen LogP contribution in [-0.2, 0) is 16.1 Å². The normalized spacial score (nSPS) is 11.4. The highest BCUT2D eigenvalue weighted by Crippen LogP contribution is 2.15. The van der Waals surface area contributed by atoms with Gasteiger partial charge in [0.25, 0.3) is 0 Å². The minimum absolute atomic E-state index is 0.00137. The third-order valence-electron chi connectivity index (χ3n) is 3.36. The Morgan fingerprint density at radius 1 is 1.08 bits per heavy atom. The molecule has 0 aliphatic carbocycles. The molecule has 0 aliphatic rings. The van der Waals surface area contributed by atoms with Crippen molar-refractivity contribution < 1.29 is 24.2 Å². The van der Waals surface area contributed by atoms with Gasteiger partial charge in [0.2, 0.25) is 5.91 Å². The van der Waals surface area contributed by atoms with E-state index in [2.05, 4.69) is 5.32 Å². The van der Waals surface area contributed by atoms with Crippen LogP contribution in [0.4, 0.5) is 0 Å². The minimum atomic E-state index is -1.12. The van der Waals surface area contributed by atoms with Crippen molar-refractivity contribution in [1.29, 1.82) is 0 Å². The zero-order valence-electron chi connectivity index (χ0n) is 13.1. The summed E-state index contributed by atoms with van der Waals surface area (Å²) in [6.07, 6.45) is 0. The van der Waals surface area contributed by atoms with Crippen LogP contribution >= 0.6 is 0 Å². The van der Waals surface area contributed by atoms with Crippen molar-refractivity contribution >= 4 is 17.8 Å². The van der Waals surface area contributed by atoms with Gasteiger partial charge in [-0.2, -0.15) is 0 Å². The maximum absolute atomic E-state index is 12.0. The first-order valence-electron chi connectivity index (χ1n) is 7.34. The van der Waals surface area contributed by atoms with Gasteiger partial charge in [-0.1, -0.05) is 36.4 Å². The number of hydrogen-bond donors (Lipinski definition) is 2. The number of esters is 1. The lowest BCUT2D eigenvalue weighted by Gasteiger charge is -2.12. The molecule has 0 saturated carbocycles. The molecule has 2 aromatic carbocycles. The number of hydrogen-bond acceptors (Lipinski definition) is 4. The van der Waals surface area contributed by atoms with Crippen LogP contribution in [0.25, 0.3) is 0 Å². The van der Waals surface area contributed by atoms with Gasteiger partial charge in [-0.15, -0.1) is 0 Å². The predicted molar refractivity (Wildman–Crippen MR) is 86.5 cm³/mol. The molecule has 2 rings (SSSR count). The Bertz CT molecular complexity index is 742. The summed E-state index contributed by atoms with van der Waals surface area (Å²) in [5, 5.41) is 11.6. The number of carbonyl (C=O) groups is 3. The van der Waals surface area contributed by atoms with Gasteiger partial charge in [0.15, 0.2) is 0 Å². The Morgan fingerprint density at radius 3 is 2.46 bits per heavy atom. The second-order valence-corrected chi connectivity index (χ2v) is 5.18. The van der Waals surface area contributed by atoms with E-state index in [0.29, 0.717) is 6.54 Å². The average molecular weight is 327 g/mol. The van der Waals surface area contributed by atoms with E-state index < -0.39 is 23.8 Å². The number of aromatic carboxylic acids is 1. The highest BCUT2D eigenvalue weighted by molar-refractivity contribution is 5.98. The van der Waals surface area contributed by atoms with Crippen LogP contribution in [0.2, 0.25) is 0 Å². The monoisotopic (exact) mass is 327 g/mol. The number of rotatable bonds is 6. The second kappa shape index (κ2) is 7.92. The molecule has 0 saturated heterocycles. The zero-order valence-corrected chi connectivity index (χ0v) is 13.1. The molecule has 124 valence electrons. The summed E-state index contributed by atoms with van der Waals surface area (Å²) in [6.45, 7) is 1.75. The van der Waals surface area contributed by atoms with Crippen LogP contribution in [0.15, 0.2) is 54.6 Å². The van der Waals surface area contributed by atoms with Crippen LogP contribution in [-0.4, -0.2) is 23.0 Å². The molecule has 0 radical (unpaired) electrons. The van der Waals surface area contributed by atoms with Gasteiger partial charge in [0.05, 0.1) is 5.56 Å². The smallest absolute Gasteiger partial charge is 0.335 e. The third-order valence-corrected chi connectivity index (χ3v) is 3.36. The molecule has 0 bridgehead atoms. The molecule has 0 heterocycles. The van der Waals surface area contributed by atoms with E-state index in [0.717, 1.165) is 5.56 Å². The summed E-state index contributed by atoms with van der Waals surface area (Å²) in [5.74, 6) is -3.26. The molecule has 1 amide bonds. The molecular weight excluding hydrogens is 310 g/mol. The highest BCUT2D eigenvalue weighted by atomic mass is 16.5. The molecule has 0 aliphatic heterocycles. The fourth-order valence-electron chi connectivity index (χ4n) is 1.94. The van der Waals surface area contributed by atoms with Crippen molar-refractivity contribution in [3.05, 3.63) is 65.7 Å². The topological polar surface area (TPSA) is 92.7 Å². The number of nitrogens with one attached hydrogen (secondary N) is 1. The van der Waals surface area contributed by atoms with Gasteiger partial charge < -0.3 is 15.2 Å². The molecule has 2 N–H and O–H groups in total. The summed E-state index contributed by atoms with van der Waals surface area (Å²) in [4.78, 5) is 34.9. The number of ether oxygens (including phenoxy) is 1. The summed E-state index contributed by atoms with van der Waals surface area (Å²) in [5.41, 5.74) is 0.919. The van der Waals surface area contributed by atoms with Crippen LogP contribution in [0.5, 0.6) is 5.75 Å². The average Bonchev–Trinajstić information content (AvgIpc) is 2.60. The van der Waals surface area contributed by atoms with E-state index in [4.69, 9.17) is 9.84 Å². The summed E-state index contributed by atoms with van der Waals surface area (Å²) in [7, 11) is 0. The summed E-state index contributed by atoms with van der Waals surface area (Å²) >= 11 is 0. The van der Waals surface area contributed by atoms with Crippen molar-refractivity contribution in [2.24, 2.45) is 5.92 Å². The largest absolute Gasteiger partial charge is 0.478 e. The van der Waals surface area contributed by atoms with Crippen LogP contribution in [0, 0.1) is 5.92 Å². The lowest BCUT2D eigenvalue weighted by atomic mass is 10.1. The molecule has 24 heavy (non-hydrogen) atoms. The van der Waals surface area contributed by atoms with Crippen LogP contribution < -0.4 is 10.1 Å². The van der Waals surface area contributed by atoms with Crippen molar-refractivity contribution in [2.75, 3.05) is 0 Å². The fourth-order valence-corrected chi connectivity index (χ4v) is 1.94. The van der Waals surface area contributed by atoms with E-state index in [1.807, 2.05) is 30.3 Å². The lowest BCUT2D eigenvalue weighted by Crippen LogP contribution is -2.35. The Balaban J connectivity index is 1.92. The molecule has 2 aromatic rings. The van der Waals surface area contributed by atoms with Gasteiger partial charge in [0, 0.05) is 6.54 Å². The Labute approximate surface area is 139 Å². The Morgan fingerprint density at radius 2 is 1.79 bits per heavy atom. The van der Waals surface area contributed by atoms with E-state index >= 15 is 0 Å². The molecule has 6 nitrogen and oxygen atoms in total. The van der Waals surface area contributed by atoms with Gasteiger partial charge in [0.1, 0.15) is 11.7 Å². The minimum Gasteiger partial charge on any atom is -0.478 e. The molecule has 0 unspecified atom stereocenters. The van der Waals surface area contributed by atoms with E-state index in [1.165, 1.54) is 31.2 Å². The molecule has 0 aromatic heterocycles. The molecule has 6 heteroatoms. The predicted octanol–water partition coefficient (Wildman–Crippen LogP) is 2.24. The summed E-state index contributed by atoms with van der Waals surface area (Å²) in [6, 6.07) is 14.8. The first-order valence-corrected chi connectivity index (χ1v) is 7.34. The Hall–Kier alpha value is -3.15. The summed E-state index contributed by atoms with van der Waals surface area (Å²) < 4.78 is 5.08. The van der Waals surface area contributed by atoms with Gasteiger partial charge in [-0.25, -0.2) is 4.79 Å². The molecular formula is C18H17NO5. The van der Waals surface area contributed by atoms with E-state index in [-0.39, 0.29) is 11.3 Å². The molecule has 0 spiro atoms. The van der Waals surface area contributed by atoms with Crippen molar-refractivity contribution in [3.63, 3.8) is 0 Å². The van der Waals surface area contributed by atoms with Gasteiger partial charge in [-0.05, 0) is 30.7 Å². The van der Waals surface area contributed by atoms with Gasteiger partial charge in [-0.3, -0.25) is 9.59 Å². The van der Waals surface area contributed by atoms with Crippen molar-refractivity contribution in [3.8, 4) is 5.75 Å². The first-order chi connectivity index (χ1) is 11.5. The number of carboxylic acid groups (broad SMARTS) is 1. The Kier molecular flexibility index (Phi) is 5.68. The van der Waals surface area contributed by atoms with Crippen LogP contribution in [0.1, 0.15) is 22.8 Å². The number of carboxylic acids is 1. The fraction of sp³-hybridized carbons (Fsp3) is 0.167. The van der Waals surface area contributed by atoms with E-state index in [1.54, 1.807) is 0 Å². The van der Waals surface area contributed by atoms with Crippen molar-refractivity contribution in [2.45, 2.75) is 13.5 Å². The maximum Gasteiger partial charge on any atom is 0.335 e. The van der Waals surface area contributed by atoms with Gasteiger partial charge >= 0.3 is 11.9 Å². The van der Waals surface area contributed by atoms with Crippen LogP contribution in [0.3, 0.4) is 0 Å². The highest BCUT2D eigenvalue weighted by Gasteiger charge is 2.23. The second-order valence-electron chi connectivity index (χ2n) is 5.18. The standard InChI is InChI=1S/C18H17NO5/c1-12(16(20)19-11-13-6-3-2-4-7-13)18(23)24-15-9-5-8-14(10-15)17(21)22/h2-10,12H,11H2,1H3,(H,19,20)(H,21,22)/t12-/m1/s1. The molecule has 1 atom stereocenters. The number of benzene rings is 2. The van der Waals surface area contributed by atoms with Crippen molar-refractivity contribution in [1.82, 2.24) is 5.32 Å². The molecule has 0 fully saturated rings.